The number of halogens is 10. The lowest BCUT2D eigenvalue weighted by Crippen LogP contribution is -2.08. The van der Waals surface area contributed by atoms with Crippen LogP contribution < -0.4 is 11.5 Å². The van der Waals surface area contributed by atoms with Gasteiger partial charge in [-0.3, -0.25) is 0 Å². The van der Waals surface area contributed by atoms with Crippen molar-refractivity contribution in [2.24, 2.45) is 0 Å². The molecule has 0 saturated carbocycles. The fraction of sp³-hybridized carbons (Fsp3) is 0.100. The maximum atomic E-state index is 13.0. The number of nitrogens with two attached hydrogens (primary N) is 2. The van der Waals surface area contributed by atoms with Gasteiger partial charge in [-0.25, -0.2) is 9.36 Å². The number of nitrogen functional groups attached to an aromatic ring is 2. The average Bonchev–Trinajstić information content (AvgIpc) is 3.33. The Morgan fingerprint density at radius 3 is 1.16 bits per heavy atom. The highest BCUT2D eigenvalue weighted by atomic mass is 35.5. The third-order valence-corrected chi connectivity index (χ3v) is 8.43. The highest BCUT2D eigenvalue weighted by molar-refractivity contribution is 8.76. The molecule has 202 valence electrons. The van der Waals surface area contributed by atoms with E-state index in [9.17, 15) is 26.3 Å². The van der Waals surface area contributed by atoms with E-state index in [0.29, 0.717) is 34.1 Å². The molecule has 0 fully saturated rings. The van der Waals surface area contributed by atoms with Crippen molar-refractivity contribution in [1.29, 1.82) is 0 Å². The van der Waals surface area contributed by atoms with Gasteiger partial charge in [0.25, 0.3) is 0 Å². The van der Waals surface area contributed by atoms with Gasteiger partial charge in [0.15, 0.2) is 0 Å². The molecule has 0 aliphatic heterocycles. The van der Waals surface area contributed by atoms with E-state index in [1.54, 1.807) is 0 Å². The number of benzene rings is 2. The third-order valence-electron chi connectivity index (χ3n) is 4.88. The lowest BCUT2D eigenvalue weighted by molar-refractivity contribution is -0.138. The van der Waals surface area contributed by atoms with Crippen LogP contribution in [0.2, 0.25) is 20.1 Å². The average molecular weight is 654 g/mol. The van der Waals surface area contributed by atoms with Gasteiger partial charge < -0.3 is 11.5 Å². The van der Waals surface area contributed by atoms with Gasteiger partial charge >= 0.3 is 12.4 Å². The molecule has 0 bridgehead atoms. The van der Waals surface area contributed by atoms with Crippen LogP contribution in [0.5, 0.6) is 0 Å². The molecule has 6 nitrogen and oxygen atoms in total. The molecule has 0 unspecified atom stereocenters. The van der Waals surface area contributed by atoms with Crippen LogP contribution in [0.3, 0.4) is 0 Å². The van der Waals surface area contributed by atoms with Crippen molar-refractivity contribution in [1.82, 2.24) is 19.6 Å². The maximum absolute atomic E-state index is 13.0. The summed E-state index contributed by atoms with van der Waals surface area (Å²) in [5.41, 5.74) is 10.1. The van der Waals surface area contributed by atoms with E-state index in [2.05, 4.69) is 10.2 Å². The van der Waals surface area contributed by atoms with E-state index in [1.807, 2.05) is 0 Å². The molecule has 0 aliphatic rings. The first-order valence-electron chi connectivity index (χ1n) is 9.74. The molecule has 0 radical (unpaired) electrons. The summed E-state index contributed by atoms with van der Waals surface area (Å²) in [6, 6.07) is 2.83. The zero-order valence-electron chi connectivity index (χ0n) is 18.0. The second kappa shape index (κ2) is 10.5. The molecule has 18 heteroatoms. The van der Waals surface area contributed by atoms with Gasteiger partial charge in [0.05, 0.1) is 53.4 Å². The van der Waals surface area contributed by atoms with Crippen LogP contribution in [0.25, 0.3) is 11.4 Å². The standard InChI is InChI=1S/C20H10Cl4F6N6S2/c21-9-1-7(19(25,26)27)2-10(22)15(9)35-17(31)13(5-33-35)37-38-14-6-34-36(18(14)32)16-11(23)3-8(4-12(16)24)20(28,29)30/h1-6H,31-32H2. The third kappa shape index (κ3) is 5.61. The molecule has 2 aromatic carbocycles. The summed E-state index contributed by atoms with van der Waals surface area (Å²) in [6.45, 7) is 0. The van der Waals surface area contributed by atoms with Crippen LogP contribution in [-0.4, -0.2) is 19.6 Å². The number of anilines is 2. The van der Waals surface area contributed by atoms with E-state index in [1.165, 1.54) is 12.4 Å². The largest absolute Gasteiger partial charge is 0.416 e. The zero-order valence-corrected chi connectivity index (χ0v) is 22.7. The predicted molar refractivity (Wildman–Crippen MR) is 138 cm³/mol. The Kier molecular flexibility index (Phi) is 7.96. The summed E-state index contributed by atoms with van der Waals surface area (Å²) >= 11 is 24.2. The van der Waals surface area contributed by atoms with Crippen LogP contribution in [-0.2, 0) is 12.4 Å². The van der Waals surface area contributed by atoms with Crippen molar-refractivity contribution in [3.8, 4) is 11.4 Å². The smallest absolute Gasteiger partial charge is 0.383 e. The second-order valence-electron chi connectivity index (χ2n) is 7.35. The molecule has 0 amide bonds. The summed E-state index contributed by atoms with van der Waals surface area (Å²) in [5, 5.41) is 6.85. The van der Waals surface area contributed by atoms with Gasteiger partial charge in [0, 0.05) is 0 Å². The highest BCUT2D eigenvalue weighted by Crippen LogP contribution is 2.45. The zero-order chi connectivity index (χ0) is 28.2. The minimum Gasteiger partial charge on any atom is -0.383 e. The Labute approximate surface area is 237 Å². The normalized spacial score (nSPS) is 12.4. The summed E-state index contributed by atoms with van der Waals surface area (Å²) in [6.07, 6.45) is -6.64. The lowest BCUT2D eigenvalue weighted by Gasteiger charge is -2.13. The number of hydrogen-bond donors (Lipinski definition) is 2. The van der Waals surface area contributed by atoms with E-state index in [-0.39, 0.29) is 43.1 Å². The van der Waals surface area contributed by atoms with Crippen molar-refractivity contribution < 1.29 is 26.3 Å². The van der Waals surface area contributed by atoms with Crippen LogP contribution in [0.1, 0.15) is 11.1 Å². The number of rotatable bonds is 5. The summed E-state index contributed by atoms with van der Waals surface area (Å²) in [7, 11) is 2.13. The molecule has 0 atom stereocenters. The fourth-order valence-electron chi connectivity index (χ4n) is 3.12. The van der Waals surface area contributed by atoms with Gasteiger partial charge in [0.2, 0.25) is 0 Å². The van der Waals surface area contributed by atoms with Crippen molar-refractivity contribution in [3.05, 3.63) is 67.9 Å². The Balaban J connectivity index is 1.59. The van der Waals surface area contributed by atoms with Crippen LogP contribution in [0.4, 0.5) is 38.0 Å². The lowest BCUT2D eigenvalue weighted by atomic mass is 10.2. The van der Waals surface area contributed by atoms with E-state index in [4.69, 9.17) is 57.9 Å². The SMILES string of the molecule is Nc1c(SSc2cnn(-c3c(Cl)cc(C(F)(F)F)cc3Cl)c2N)cnn1-c1c(Cl)cc(C(F)(F)F)cc1Cl. The molecule has 0 spiro atoms. The number of hydrogen-bond acceptors (Lipinski definition) is 6. The Morgan fingerprint density at radius 1 is 0.605 bits per heavy atom. The molecule has 4 aromatic rings. The molecular weight excluding hydrogens is 644 g/mol. The van der Waals surface area contributed by atoms with Crippen LogP contribution in [0, 0.1) is 0 Å². The minimum absolute atomic E-state index is 0.0193. The van der Waals surface area contributed by atoms with Gasteiger partial charge in [-0.05, 0) is 45.9 Å². The summed E-state index contributed by atoms with van der Waals surface area (Å²) in [5.74, 6) is 0.0386. The molecule has 0 saturated heterocycles. The summed E-state index contributed by atoms with van der Waals surface area (Å²) < 4.78 is 80.4. The molecule has 2 heterocycles. The fourth-order valence-corrected chi connectivity index (χ4v) is 6.43. The Morgan fingerprint density at radius 2 is 0.895 bits per heavy atom. The van der Waals surface area contributed by atoms with Gasteiger partial charge in [-0.1, -0.05) is 46.4 Å². The minimum atomic E-state index is -4.65. The number of nitrogens with zero attached hydrogens (tertiary/aromatic N) is 4. The maximum Gasteiger partial charge on any atom is 0.416 e. The Hall–Kier alpha value is -2.10. The molecule has 38 heavy (non-hydrogen) atoms. The second-order valence-corrected chi connectivity index (χ2v) is 11.2. The molecule has 4 rings (SSSR count). The highest BCUT2D eigenvalue weighted by Gasteiger charge is 2.33. The molecule has 2 aromatic heterocycles. The number of aromatic nitrogens is 4. The van der Waals surface area contributed by atoms with Crippen LogP contribution in [0.15, 0.2) is 46.5 Å². The molecular formula is C20H10Cl4F6N6S2. The first-order valence-corrected chi connectivity index (χ1v) is 13.4. The van der Waals surface area contributed by atoms with Gasteiger partial charge in [0.1, 0.15) is 23.0 Å². The monoisotopic (exact) mass is 652 g/mol. The topological polar surface area (TPSA) is 87.7 Å². The van der Waals surface area contributed by atoms with Crippen molar-refractivity contribution in [2.45, 2.75) is 22.1 Å². The first-order chi connectivity index (χ1) is 17.6. The van der Waals surface area contributed by atoms with E-state index < -0.39 is 23.5 Å². The predicted octanol–water partition coefficient (Wildman–Crippen LogP) is 8.67. The molecule has 4 N–H and O–H groups in total. The number of alkyl halides is 6. The van der Waals surface area contributed by atoms with E-state index >= 15 is 0 Å². The quantitative estimate of drug-likeness (QED) is 0.166. The van der Waals surface area contributed by atoms with Crippen molar-refractivity contribution in [3.63, 3.8) is 0 Å². The van der Waals surface area contributed by atoms with Gasteiger partial charge in [-0.2, -0.15) is 36.5 Å². The molecule has 0 aliphatic carbocycles. The first kappa shape index (κ1) is 28.9. The van der Waals surface area contributed by atoms with Crippen molar-refractivity contribution >= 4 is 79.6 Å². The van der Waals surface area contributed by atoms with Gasteiger partial charge in [-0.15, -0.1) is 0 Å². The van der Waals surface area contributed by atoms with Crippen molar-refractivity contribution in [2.75, 3.05) is 11.5 Å². The van der Waals surface area contributed by atoms with Crippen LogP contribution >= 0.6 is 68.0 Å². The van der Waals surface area contributed by atoms with E-state index in [0.717, 1.165) is 31.0 Å². The summed E-state index contributed by atoms with van der Waals surface area (Å²) in [4.78, 5) is 0.750. The Bertz CT molecular complexity index is 1380.